The van der Waals surface area contributed by atoms with E-state index in [4.69, 9.17) is 4.74 Å². The van der Waals surface area contributed by atoms with Crippen molar-refractivity contribution in [2.75, 3.05) is 6.61 Å². The molecule has 1 heterocycles. The highest BCUT2D eigenvalue weighted by Crippen LogP contribution is 2.66. The Hall–Kier alpha value is -0.650. The van der Waals surface area contributed by atoms with Crippen LogP contribution in [0.2, 0.25) is 0 Å². The summed E-state index contributed by atoms with van der Waals surface area (Å²) in [5.41, 5.74) is 0.00402. The lowest BCUT2D eigenvalue weighted by Crippen LogP contribution is -2.52. The molecule has 33 heavy (non-hydrogen) atoms. The molecule has 3 aliphatic carbocycles. The van der Waals surface area contributed by atoms with E-state index >= 15 is 0 Å². The second-order valence-electron chi connectivity index (χ2n) is 13.2. The SMILES string of the molecule is CC(C)[C@H](C)[C@@H](O)[C@H](O)[C@@H](C)[C@H]1CCC2C3COC(=O)C4C[C@H](O)CC[C@]4(C)C3CC[C@@]21C. The minimum absolute atomic E-state index is 0.0363. The van der Waals surface area contributed by atoms with E-state index in [0.29, 0.717) is 42.6 Å². The van der Waals surface area contributed by atoms with Gasteiger partial charge >= 0.3 is 5.97 Å². The molecule has 4 aliphatic rings. The summed E-state index contributed by atoms with van der Waals surface area (Å²) in [7, 11) is 0. The lowest BCUT2D eigenvalue weighted by molar-refractivity contribution is -0.155. The second kappa shape index (κ2) is 9.09. The molecule has 0 aromatic rings. The average Bonchev–Trinajstić information content (AvgIpc) is 3.08. The van der Waals surface area contributed by atoms with Crippen LogP contribution in [0.1, 0.15) is 86.5 Å². The van der Waals surface area contributed by atoms with Gasteiger partial charge in [0.1, 0.15) is 0 Å². The zero-order valence-electron chi connectivity index (χ0n) is 21.7. The van der Waals surface area contributed by atoms with Gasteiger partial charge in [-0.3, -0.25) is 4.79 Å². The van der Waals surface area contributed by atoms with Crippen molar-refractivity contribution in [1.29, 1.82) is 0 Å². The Bertz CT molecular complexity index is 723. The van der Waals surface area contributed by atoms with Crippen molar-refractivity contribution in [3.8, 4) is 0 Å². The van der Waals surface area contributed by atoms with Crippen LogP contribution in [0.3, 0.4) is 0 Å². The number of hydrogen-bond acceptors (Lipinski definition) is 5. The minimum Gasteiger partial charge on any atom is -0.465 e. The number of hydrogen-bond donors (Lipinski definition) is 3. The van der Waals surface area contributed by atoms with Crippen LogP contribution in [0.25, 0.3) is 0 Å². The van der Waals surface area contributed by atoms with Crippen molar-refractivity contribution >= 4 is 5.97 Å². The zero-order chi connectivity index (χ0) is 24.3. The highest BCUT2D eigenvalue weighted by molar-refractivity contribution is 5.74. The van der Waals surface area contributed by atoms with Gasteiger partial charge < -0.3 is 20.1 Å². The van der Waals surface area contributed by atoms with Crippen molar-refractivity contribution in [2.45, 2.75) is 105 Å². The maximum Gasteiger partial charge on any atom is 0.309 e. The Kier molecular flexibility index (Phi) is 7.01. The van der Waals surface area contributed by atoms with Crippen LogP contribution in [0, 0.1) is 58.2 Å². The summed E-state index contributed by atoms with van der Waals surface area (Å²) < 4.78 is 5.91. The molecule has 4 rings (SSSR count). The Morgan fingerprint density at radius 3 is 2.21 bits per heavy atom. The first-order valence-electron chi connectivity index (χ1n) is 13.6. The molecule has 0 spiro atoms. The largest absolute Gasteiger partial charge is 0.465 e. The Balaban J connectivity index is 1.56. The lowest BCUT2D eigenvalue weighted by Gasteiger charge is -2.55. The number of aliphatic hydroxyl groups excluding tert-OH is 3. The molecular formula is C28H48O5. The average molecular weight is 465 g/mol. The van der Waals surface area contributed by atoms with Gasteiger partial charge in [-0.1, -0.05) is 41.5 Å². The first kappa shape index (κ1) is 25.4. The molecule has 5 nitrogen and oxygen atoms in total. The van der Waals surface area contributed by atoms with E-state index in [0.717, 1.165) is 38.5 Å². The molecule has 4 fully saturated rings. The number of fused-ring (bicyclic) bond motifs is 5. The quantitative estimate of drug-likeness (QED) is 0.524. The number of rotatable bonds is 5. The van der Waals surface area contributed by atoms with E-state index in [1.807, 2.05) is 6.92 Å². The third kappa shape index (κ3) is 4.08. The fourth-order valence-corrected chi connectivity index (χ4v) is 8.90. The number of aliphatic hydroxyl groups is 3. The number of esters is 1. The van der Waals surface area contributed by atoms with Gasteiger partial charge in [0, 0.05) is 0 Å². The first-order chi connectivity index (χ1) is 15.4. The summed E-state index contributed by atoms with van der Waals surface area (Å²) in [5.74, 6) is 1.78. The van der Waals surface area contributed by atoms with Crippen LogP contribution in [0.15, 0.2) is 0 Å². The number of cyclic esters (lactones) is 1. The van der Waals surface area contributed by atoms with Gasteiger partial charge in [-0.15, -0.1) is 0 Å². The third-order valence-corrected chi connectivity index (χ3v) is 11.5. The Morgan fingerprint density at radius 1 is 0.909 bits per heavy atom. The van der Waals surface area contributed by atoms with Crippen molar-refractivity contribution < 1.29 is 24.9 Å². The summed E-state index contributed by atoms with van der Waals surface area (Å²) >= 11 is 0. The highest BCUT2D eigenvalue weighted by Gasteiger charge is 2.62. The van der Waals surface area contributed by atoms with E-state index in [1.165, 1.54) is 0 Å². The highest BCUT2D eigenvalue weighted by atomic mass is 16.5. The van der Waals surface area contributed by atoms with E-state index in [2.05, 4.69) is 34.6 Å². The van der Waals surface area contributed by atoms with Crippen LogP contribution in [-0.4, -0.2) is 46.2 Å². The fourth-order valence-electron chi connectivity index (χ4n) is 8.90. The first-order valence-corrected chi connectivity index (χ1v) is 13.6. The van der Waals surface area contributed by atoms with Crippen LogP contribution in [-0.2, 0) is 9.53 Å². The van der Waals surface area contributed by atoms with E-state index in [1.54, 1.807) is 0 Å². The molecule has 190 valence electrons. The van der Waals surface area contributed by atoms with Gasteiger partial charge in [-0.05, 0) is 97.2 Å². The molecule has 0 amide bonds. The molecule has 1 aliphatic heterocycles. The molecule has 5 heteroatoms. The van der Waals surface area contributed by atoms with Crippen molar-refractivity contribution in [3.05, 3.63) is 0 Å². The number of carbonyl (C=O) groups excluding carboxylic acids is 1. The van der Waals surface area contributed by atoms with E-state index in [9.17, 15) is 20.1 Å². The molecule has 0 bridgehead atoms. The monoisotopic (exact) mass is 464 g/mol. The van der Waals surface area contributed by atoms with Crippen LogP contribution < -0.4 is 0 Å². The van der Waals surface area contributed by atoms with E-state index < -0.39 is 12.2 Å². The second-order valence-corrected chi connectivity index (χ2v) is 13.2. The number of carbonyl (C=O) groups is 1. The van der Waals surface area contributed by atoms with Gasteiger partial charge in [0.2, 0.25) is 0 Å². The molecule has 12 atom stereocenters. The topological polar surface area (TPSA) is 87.0 Å². The van der Waals surface area contributed by atoms with Gasteiger partial charge in [-0.25, -0.2) is 0 Å². The van der Waals surface area contributed by atoms with Gasteiger partial charge in [0.05, 0.1) is 30.8 Å². The lowest BCUT2D eigenvalue weighted by atomic mass is 9.48. The summed E-state index contributed by atoms with van der Waals surface area (Å²) in [6, 6.07) is 0. The van der Waals surface area contributed by atoms with Crippen molar-refractivity contribution in [2.24, 2.45) is 58.2 Å². The molecular weight excluding hydrogens is 416 g/mol. The van der Waals surface area contributed by atoms with Crippen LogP contribution in [0.4, 0.5) is 0 Å². The van der Waals surface area contributed by atoms with Gasteiger partial charge in [-0.2, -0.15) is 0 Å². The summed E-state index contributed by atoms with van der Waals surface area (Å²) in [6.45, 7) is 13.6. The molecule has 0 aromatic heterocycles. The maximum atomic E-state index is 13.0. The van der Waals surface area contributed by atoms with Crippen LogP contribution >= 0.6 is 0 Å². The number of ether oxygens (including phenoxy) is 1. The standard InChI is InChI=1S/C28H48O5/c1-15(2)16(3)24(30)25(31)17(4)20-7-8-21-19-14-33-26(32)23-13-18(29)9-11-28(23,6)22(19)10-12-27(20,21)5/h15-25,29-31H,7-14H2,1-6H3/t16-,17-,18+,19?,20+,21?,22?,23?,24+,25+,27+,28+/m0/s1. The normalized spacial score (nSPS) is 46.9. The molecule has 0 radical (unpaired) electrons. The third-order valence-electron chi connectivity index (χ3n) is 11.5. The molecule has 4 unspecified atom stereocenters. The molecule has 0 aromatic carbocycles. The minimum atomic E-state index is -0.714. The van der Waals surface area contributed by atoms with Gasteiger partial charge in [0.15, 0.2) is 0 Å². The van der Waals surface area contributed by atoms with Crippen LogP contribution in [0.5, 0.6) is 0 Å². The summed E-state index contributed by atoms with van der Waals surface area (Å²) in [6.07, 6.45) is 4.78. The van der Waals surface area contributed by atoms with Crippen molar-refractivity contribution in [3.63, 3.8) is 0 Å². The summed E-state index contributed by atoms with van der Waals surface area (Å²) in [4.78, 5) is 13.0. The maximum absolute atomic E-state index is 13.0. The smallest absolute Gasteiger partial charge is 0.309 e. The molecule has 1 saturated heterocycles. The molecule has 3 N–H and O–H groups in total. The Morgan fingerprint density at radius 2 is 1.55 bits per heavy atom. The van der Waals surface area contributed by atoms with Gasteiger partial charge in [0.25, 0.3) is 0 Å². The predicted octanol–water partition coefficient (Wildman–Crippen LogP) is 4.42. The van der Waals surface area contributed by atoms with Crippen molar-refractivity contribution in [1.82, 2.24) is 0 Å². The molecule has 3 saturated carbocycles. The fraction of sp³-hybridized carbons (Fsp3) is 0.964. The zero-order valence-corrected chi connectivity index (χ0v) is 21.7. The van der Waals surface area contributed by atoms with E-state index in [-0.39, 0.29) is 40.7 Å². The predicted molar refractivity (Wildman–Crippen MR) is 128 cm³/mol. The Labute approximate surface area is 200 Å². The summed E-state index contributed by atoms with van der Waals surface area (Å²) in [5, 5.41) is 32.3.